The van der Waals surface area contributed by atoms with Crippen molar-refractivity contribution in [3.63, 3.8) is 0 Å². The van der Waals surface area contributed by atoms with Crippen molar-refractivity contribution in [2.75, 3.05) is 7.11 Å². The molecule has 0 heterocycles. The first kappa shape index (κ1) is 12.1. The van der Waals surface area contributed by atoms with E-state index in [1.165, 1.54) is 5.56 Å². The number of benzene rings is 1. The van der Waals surface area contributed by atoms with E-state index in [9.17, 15) is 0 Å². The maximum Gasteiger partial charge on any atom is 0.137 e. The molecule has 1 aromatic rings. The van der Waals surface area contributed by atoms with Gasteiger partial charge in [0, 0.05) is 0 Å². The lowest BCUT2D eigenvalue weighted by Crippen LogP contribution is -1.96. The van der Waals surface area contributed by atoms with Gasteiger partial charge in [-0.2, -0.15) is 0 Å². The Kier molecular flexibility index (Phi) is 4.70. The SMILES string of the molecule is C/C=C\C(C)Cc1ccc(OC)c(Cl)c1. The standard InChI is InChI=1S/C13H17ClO/c1-4-5-10(2)8-11-6-7-13(15-3)12(14)9-11/h4-7,9-10H,8H2,1-3H3/b5-4-. The summed E-state index contributed by atoms with van der Waals surface area (Å²) >= 11 is 6.05. The average molecular weight is 225 g/mol. The summed E-state index contributed by atoms with van der Waals surface area (Å²) in [7, 11) is 1.63. The van der Waals surface area contributed by atoms with Crippen LogP contribution in [0.5, 0.6) is 5.75 Å². The summed E-state index contributed by atoms with van der Waals surface area (Å²) in [5.74, 6) is 1.28. The Balaban J connectivity index is 2.75. The Morgan fingerprint density at radius 2 is 2.20 bits per heavy atom. The third-order valence-electron chi connectivity index (χ3n) is 2.29. The zero-order valence-corrected chi connectivity index (χ0v) is 10.2. The van der Waals surface area contributed by atoms with Crippen molar-refractivity contribution in [2.24, 2.45) is 5.92 Å². The number of ether oxygens (including phenoxy) is 1. The van der Waals surface area contributed by atoms with Crippen molar-refractivity contribution in [1.82, 2.24) is 0 Å². The fourth-order valence-corrected chi connectivity index (χ4v) is 1.89. The van der Waals surface area contributed by atoms with Crippen LogP contribution in [0, 0.1) is 5.92 Å². The summed E-state index contributed by atoms with van der Waals surface area (Å²) in [6.07, 6.45) is 5.28. The van der Waals surface area contributed by atoms with Crippen LogP contribution in [0.2, 0.25) is 5.02 Å². The maximum absolute atomic E-state index is 6.05. The molecule has 82 valence electrons. The van der Waals surface area contributed by atoms with Crippen LogP contribution in [-0.2, 0) is 6.42 Å². The van der Waals surface area contributed by atoms with E-state index in [2.05, 4.69) is 25.1 Å². The molecule has 1 atom stereocenters. The molecule has 0 aliphatic rings. The van der Waals surface area contributed by atoms with Gasteiger partial charge in [0.2, 0.25) is 0 Å². The highest BCUT2D eigenvalue weighted by Gasteiger charge is 2.04. The van der Waals surface area contributed by atoms with Crippen LogP contribution in [0.15, 0.2) is 30.4 Å². The summed E-state index contributed by atoms with van der Waals surface area (Å²) in [6.45, 7) is 4.23. The molecule has 0 amide bonds. The third-order valence-corrected chi connectivity index (χ3v) is 2.59. The van der Waals surface area contributed by atoms with Gasteiger partial charge in [-0.25, -0.2) is 0 Å². The highest BCUT2D eigenvalue weighted by molar-refractivity contribution is 6.32. The molecule has 0 saturated heterocycles. The Hall–Kier alpha value is -0.950. The van der Waals surface area contributed by atoms with Gasteiger partial charge < -0.3 is 4.74 Å². The first-order valence-electron chi connectivity index (χ1n) is 5.12. The highest BCUT2D eigenvalue weighted by atomic mass is 35.5. The van der Waals surface area contributed by atoms with E-state index in [0.717, 1.165) is 12.2 Å². The molecule has 0 aromatic heterocycles. The molecule has 1 nitrogen and oxygen atoms in total. The van der Waals surface area contributed by atoms with Crippen LogP contribution in [0.25, 0.3) is 0 Å². The van der Waals surface area contributed by atoms with E-state index in [0.29, 0.717) is 10.9 Å². The van der Waals surface area contributed by atoms with Gasteiger partial charge in [-0.3, -0.25) is 0 Å². The summed E-state index contributed by atoms with van der Waals surface area (Å²) in [6, 6.07) is 5.95. The minimum Gasteiger partial charge on any atom is -0.495 e. The van der Waals surface area contributed by atoms with Gasteiger partial charge in [-0.15, -0.1) is 0 Å². The lowest BCUT2D eigenvalue weighted by atomic mass is 10.0. The summed E-state index contributed by atoms with van der Waals surface area (Å²) < 4.78 is 5.11. The van der Waals surface area contributed by atoms with E-state index in [-0.39, 0.29) is 0 Å². The Morgan fingerprint density at radius 1 is 1.47 bits per heavy atom. The second kappa shape index (κ2) is 5.82. The predicted molar refractivity (Wildman–Crippen MR) is 65.7 cm³/mol. The fraction of sp³-hybridized carbons (Fsp3) is 0.385. The van der Waals surface area contributed by atoms with Crippen LogP contribution in [0.3, 0.4) is 0 Å². The molecule has 1 unspecified atom stereocenters. The number of allylic oxidation sites excluding steroid dienone is 2. The summed E-state index contributed by atoms with van der Waals surface area (Å²) in [5.41, 5.74) is 1.24. The largest absolute Gasteiger partial charge is 0.495 e. The molecule has 0 aliphatic carbocycles. The van der Waals surface area contributed by atoms with Crippen LogP contribution in [-0.4, -0.2) is 7.11 Å². The van der Waals surface area contributed by atoms with E-state index in [1.807, 2.05) is 19.1 Å². The summed E-state index contributed by atoms with van der Waals surface area (Å²) in [4.78, 5) is 0. The molecule has 0 radical (unpaired) electrons. The molecule has 0 saturated carbocycles. The van der Waals surface area contributed by atoms with Crippen LogP contribution in [0.1, 0.15) is 19.4 Å². The number of rotatable bonds is 4. The number of hydrogen-bond acceptors (Lipinski definition) is 1. The zero-order valence-electron chi connectivity index (χ0n) is 9.46. The number of halogens is 1. The Bertz CT molecular complexity index is 344. The molecule has 2 heteroatoms. The van der Waals surface area contributed by atoms with Crippen molar-refractivity contribution in [1.29, 1.82) is 0 Å². The molecule has 0 bridgehead atoms. The van der Waals surface area contributed by atoms with Crippen LogP contribution < -0.4 is 4.74 Å². The fourth-order valence-electron chi connectivity index (χ4n) is 1.61. The van der Waals surface area contributed by atoms with Gasteiger partial charge in [0.05, 0.1) is 12.1 Å². The number of methoxy groups -OCH3 is 1. The van der Waals surface area contributed by atoms with Gasteiger partial charge in [-0.05, 0) is 37.0 Å². The normalized spacial score (nSPS) is 13.1. The van der Waals surface area contributed by atoms with E-state index < -0.39 is 0 Å². The molecular weight excluding hydrogens is 208 g/mol. The van der Waals surface area contributed by atoms with Crippen molar-refractivity contribution < 1.29 is 4.74 Å². The minimum atomic E-state index is 0.541. The minimum absolute atomic E-state index is 0.541. The molecule has 1 rings (SSSR count). The van der Waals surface area contributed by atoms with Crippen LogP contribution in [0.4, 0.5) is 0 Å². The highest BCUT2D eigenvalue weighted by Crippen LogP contribution is 2.26. The quantitative estimate of drug-likeness (QED) is 0.700. The molecule has 15 heavy (non-hydrogen) atoms. The first-order valence-corrected chi connectivity index (χ1v) is 5.50. The molecule has 0 fully saturated rings. The van der Waals surface area contributed by atoms with Gasteiger partial charge in [0.15, 0.2) is 0 Å². The van der Waals surface area contributed by atoms with Crippen molar-refractivity contribution in [2.45, 2.75) is 20.3 Å². The van der Waals surface area contributed by atoms with Gasteiger partial charge in [-0.1, -0.05) is 36.7 Å². The lowest BCUT2D eigenvalue weighted by molar-refractivity contribution is 0.415. The molecule has 0 spiro atoms. The summed E-state index contributed by atoms with van der Waals surface area (Å²) in [5, 5.41) is 0.683. The van der Waals surface area contributed by atoms with Gasteiger partial charge in [0.1, 0.15) is 5.75 Å². The van der Waals surface area contributed by atoms with Crippen molar-refractivity contribution in [3.05, 3.63) is 40.9 Å². The van der Waals surface area contributed by atoms with E-state index in [1.54, 1.807) is 7.11 Å². The molecule has 1 aromatic carbocycles. The Labute approximate surface area is 96.7 Å². The van der Waals surface area contributed by atoms with E-state index in [4.69, 9.17) is 16.3 Å². The first-order chi connectivity index (χ1) is 7.17. The molecule has 0 aliphatic heterocycles. The Morgan fingerprint density at radius 3 is 2.73 bits per heavy atom. The van der Waals surface area contributed by atoms with Crippen molar-refractivity contribution >= 4 is 11.6 Å². The monoisotopic (exact) mass is 224 g/mol. The second-order valence-corrected chi connectivity index (χ2v) is 4.08. The second-order valence-electron chi connectivity index (χ2n) is 3.68. The smallest absolute Gasteiger partial charge is 0.137 e. The van der Waals surface area contributed by atoms with E-state index >= 15 is 0 Å². The zero-order chi connectivity index (χ0) is 11.3. The van der Waals surface area contributed by atoms with Gasteiger partial charge in [0.25, 0.3) is 0 Å². The lowest BCUT2D eigenvalue weighted by Gasteiger charge is -2.08. The predicted octanol–water partition coefficient (Wildman–Crippen LogP) is 4.10. The van der Waals surface area contributed by atoms with Crippen LogP contribution >= 0.6 is 11.6 Å². The molecule has 0 N–H and O–H groups in total. The van der Waals surface area contributed by atoms with Gasteiger partial charge >= 0.3 is 0 Å². The maximum atomic E-state index is 6.05. The number of hydrogen-bond donors (Lipinski definition) is 0. The molecular formula is C13H17ClO. The average Bonchev–Trinajstić information content (AvgIpc) is 2.18. The topological polar surface area (TPSA) is 9.23 Å². The third kappa shape index (κ3) is 3.60. The van der Waals surface area contributed by atoms with Crippen molar-refractivity contribution in [3.8, 4) is 5.75 Å².